The van der Waals surface area contributed by atoms with E-state index in [1.54, 1.807) is 17.5 Å². The Morgan fingerprint density at radius 1 is 1.32 bits per heavy atom. The molecule has 0 bridgehead atoms. The lowest BCUT2D eigenvalue weighted by Crippen LogP contribution is -2.42. The van der Waals surface area contributed by atoms with E-state index in [2.05, 4.69) is 28.0 Å². The second-order valence-electron chi connectivity index (χ2n) is 6.37. The van der Waals surface area contributed by atoms with E-state index in [-0.39, 0.29) is 11.9 Å². The Bertz CT molecular complexity index is 900. The van der Waals surface area contributed by atoms with Crippen molar-refractivity contribution in [3.8, 4) is 11.3 Å². The molecule has 3 heterocycles. The molecule has 1 aliphatic rings. The van der Waals surface area contributed by atoms with Crippen LogP contribution in [-0.4, -0.2) is 33.2 Å². The molecular weight excluding hydrogens is 332 g/mol. The fourth-order valence-electron chi connectivity index (χ4n) is 3.46. The lowest BCUT2D eigenvalue weighted by molar-refractivity contribution is 0.0708. The summed E-state index contributed by atoms with van der Waals surface area (Å²) >= 11 is 1.67. The molecule has 3 aromatic rings. The number of amides is 1. The van der Waals surface area contributed by atoms with Crippen LogP contribution in [0.1, 0.15) is 21.5 Å². The molecule has 2 N–H and O–H groups in total. The molecule has 1 atom stereocenters. The van der Waals surface area contributed by atoms with Crippen molar-refractivity contribution in [1.29, 1.82) is 0 Å². The normalized spacial score (nSPS) is 14.8. The molecule has 1 aromatic carbocycles. The Morgan fingerprint density at radius 3 is 2.88 bits per heavy atom. The van der Waals surface area contributed by atoms with Gasteiger partial charge in [-0.2, -0.15) is 16.4 Å². The van der Waals surface area contributed by atoms with E-state index < -0.39 is 0 Å². The second kappa shape index (κ2) is 6.46. The minimum absolute atomic E-state index is 0.0228. The van der Waals surface area contributed by atoms with Crippen LogP contribution in [-0.2, 0) is 20.0 Å². The van der Waals surface area contributed by atoms with Crippen molar-refractivity contribution in [2.45, 2.75) is 19.0 Å². The molecule has 0 fully saturated rings. The van der Waals surface area contributed by atoms with Gasteiger partial charge in [0.15, 0.2) is 0 Å². The number of aryl methyl sites for hydroxylation is 1. The Morgan fingerprint density at radius 2 is 2.20 bits per heavy atom. The van der Waals surface area contributed by atoms with Gasteiger partial charge in [-0.05, 0) is 52.6 Å². The van der Waals surface area contributed by atoms with Crippen molar-refractivity contribution in [3.05, 3.63) is 64.0 Å². The van der Waals surface area contributed by atoms with Crippen LogP contribution in [0.4, 0.5) is 0 Å². The maximum absolute atomic E-state index is 12.8. The Hall–Kier alpha value is -2.44. The molecule has 0 spiro atoms. The van der Waals surface area contributed by atoms with Gasteiger partial charge < -0.3 is 10.6 Å². The molecule has 4 rings (SSSR count). The van der Waals surface area contributed by atoms with Gasteiger partial charge in [-0.25, -0.2) is 0 Å². The van der Waals surface area contributed by atoms with E-state index in [1.807, 2.05) is 34.8 Å². The molecule has 0 saturated carbocycles. The molecule has 0 aliphatic carbocycles. The molecule has 128 valence electrons. The zero-order valence-corrected chi connectivity index (χ0v) is 14.9. The van der Waals surface area contributed by atoms with Gasteiger partial charge in [0, 0.05) is 43.5 Å². The highest BCUT2D eigenvalue weighted by atomic mass is 32.1. The Labute approximate surface area is 150 Å². The summed E-state index contributed by atoms with van der Waals surface area (Å²) < 4.78 is 1.84. The van der Waals surface area contributed by atoms with Crippen LogP contribution in [0.2, 0.25) is 0 Å². The van der Waals surface area contributed by atoms with Gasteiger partial charge in [0.25, 0.3) is 5.91 Å². The lowest BCUT2D eigenvalue weighted by Gasteiger charge is -2.26. The average Bonchev–Trinajstić information content (AvgIpc) is 3.34. The predicted octanol–water partition coefficient (Wildman–Crippen LogP) is 2.67. The standard InChI is InChI=1S/C19H20N4OS/c1-22-18(4-6-21-22)14-2-3-17-15(9-14)11-23(19(17)24)16(10-20)8-13-5-7-25-12-13/h2-7,9,12,16H,8,10-11,20H2,1H3/t16-/m0/s1. The number of hydrogen-bond acceptors (Lipinski definition) is 4. The highest BCUT2D eigenvalue weighted by molar-refractivity contribution is 7.07. The van der Waals surface area contributed by atoms with E-state index in [0.717, 1.165) is 28.8 Å². The third-order valence-corrected chi connectivity index (χ3v) is 5.55. The largest absolute Gasteiger partial charge is 0.330 e. The third-order valence-electron chi connectivity index (χ3n) is 4.82. The molecule has 2 aromatic heterocycles. The first-order valence-electron chi connectivity index (χ1n) is 8.31. The fraction of sp³-hybridized carbons (Fsp3) is 0.263. The highest BCUT2D eigenvalue weighted by Crippen LogP contribution is 2.30. The zero-order valence-electron chi connectivity index (χ0n) is 14.1. The molecular formula is C19H20N4OS. The number of fused-ring (bicyclic) bond motifs is 1. The van der Waals surface area contributed by atoms with E-state index in [0.29, 0.717) is 13.1 Å². The molecule has 0 saturated heterocycles. The molecule has 1 amide bonds. The number of hydrogen-bond donors (Lipinski definition) is 1. The number of thiophene rings is 1. The number of nitrogens with two attached hydrogens (primary N) is 1. The lowest BCUT2D eigenvalue weighted by atomic mass is 10.0. The van der Waals surface area contributed by atoms with Crippen molar-refractivity contribution >= 4 is 17.2 Å². The predicted molar refractivity (Wildman–Crippen MR) is 99.4 cm³/mol. The molecule has 25 heavy (non-hydrogen) atoms. The van der Waals surface area contributed by atoms with Gasteiger partial charge in [0.1, 0.15) is 0 Å². The number of aromatic nitrogens is 2. The molecule has 0 radical (unpaired) electrons. The van der Waals surface area contributed by atoms with E-state index in [4.69, 9.17) is 5.73 Å². The van der Waals surface area contributed by atoms with Crippen LogP contribution in [0.5, 0.6) is 0 Å². The van der Waals surface area contributed by atoms with Crippen LogP contribution in [0.15, 0.2) is 47.3 Å². The third kappa shape index (κ3) is 2.88. The summed E-state index contributed by atoms with van der Waals surface area (Å²) in [5, 5.41) is 8.40. The number of nitrogens with zero attached hydrogens (tertiary/aromatic N) is 3. The van der Waals surface area contributed by atoms with Crippen molar-refractivity contribution in [2.24, 2.45) is 12.8 Å². The second-order valence-corrected chi connectivity index (χ2v) is 7.15. The van der Waals surface area contributed by atoms with Crippen molar-refractivity contribution in [3.63, 3.8) is 0 Å². The van der Waals surface area contributed by atoms with E-state index >= 15 is 0 Å². The maximum Gasteiger partial charge on any atom is 0.254 e. The zero-order chi connectivity index (χ0) is 17.4. The first-order valence-corrected chi connectivity index (χ1v) is 9.25. The smallest absolute Gasteiger partial charge is 0.254 e. The Kier molecular flexibility index (Phi) is 4.15. The minimum atomic E-state index is 0.0228. The van der Waals surface area contributed by atoms with Crippen molar-refractivity contribution in [1.82, 2.24) is 14.7 Å². The van der Waals surface area contributed by atoms with Crippen LogP contribution in [0, 0.1) is 0 Å². The monoisotopic (exact) mass is 352 g/mol. The van der Waals surface area contributed by atoms with Crippen molar-refractivity contribution < 1.29 is 4.79 Å². The quantitative estimate of drug-likeness (QED) is 0.768. The maximum atomic E-state index is 12.8. The summed E-state index contributed by atoms with van der Waals surface area (Å²) in [6.07, 6.45) is 2.58. The van der Waals surface area contributed by atoms with Gasteiger partial charge in [-0.15, -0.1) is 0 Å². The van der Waals surface area contributed by atoms with Gasteiger partial charge in [0.2, 0.25) is 0 Å². The van der Waals surface area contributed by atoms with E-state index in [9.17, 15) is 4.79 Å². The summed E-state index contributed by atoms with van der Waals surface area (Å²) in [6.45, 7) is 1.08. The molecule has 5 nitrogen and oxygen atoms in total. The first kappa shape index (κ1) is 16.1. The molecule has 1 aliphatic heterocycles. The van der Waals surface area contributed by atoms with E-state index in [1.165, 1.54) is 5.56 Å². The fourth-order valence-corrected chi connectivity index (χ4v) is 4.14. The van der Waals surface area contributed by atoms with Crippen LogP contribution >= 0.6 is 11.3 Å². The number of carbonyl (C=O) groups is 1. The first-order chi connectivity index (χ1) is 12.2. The number of benzene rings is 1. The summed E-state index contributed by atoms with van der Waals surface area (Å²) in [7, 11) is 1.92. The number of rotatable bonds is 5. The molecule has 0 unspecified atom stereocenters. The number of carbonyl (C=O) groups excluding carboxylic acids is 1. The van der Waals surface area contributed by atoms with Crippen molar-refractivity contribution in [2.75, 3.05) is 6.54 Å². The highest BCUT2D eigenvalue weighted by Gasteiger charge is 2.32. The van der Waals surface area contributed by atoms with Gasteiger partial charge in [-0.3, -0.25) is 9.48 Å². The summed E-state index contributed by atoms with van der Waals surface area (Å²) in [6, 6.07) is 10.1. The van der Waals surface area contributed by atoms with Crippen LogP contribution in [0.25, 0.3) is 11.3 Å². The SMILES string of the molecule is Cn1nccc1-c1ccc2c(c1)CN([C@H](CN)Cc1ccsc1)C2=O. The van der Waals surface area contributed by atoms with Gasteiger partial charge in [-0.1, -0.05) is 6.07 Å². The summed E-state index contributed by atoms with van der Waals surface area (Å²) in [5.74, 6) is 0.0808. The summed E-state index contributed by atoms with van der Waals surface area (Å²) in [5.41, 5.74) is 11.2. The van der Waals surface area contributed by atoms with Crippen LogP contribution in [0.3, 0.4) is 0 Å². The Balaban J connectivity index is 1.61. The topological polar surface area (TPSA) is 64.2 Å². The molecule has 6 heteroatoms. The van der Waals surface area contributed by atoms with Crippen LogP contribution < -0.4 is 5.73 Å². The average molecular weight is 352 g/mol. The van der Waals surface area contributed by atoms with Gasteiger partial charge in [0.05, 0.1) is 5.69 Å². The summed E-state index contributed by atoms with van der Waals surface area (Å²) in [4.78, 5) is 14.8. The minimum Gasteiger partial charge on any atom is -0.330 e. The van der Waals surface area contributed by atoms with Gasteiger partial charge >= 0.3 is 0 Å².